The van der Waals surface area contributed by atoms with Gasteiger partial charge in [0.1, 0.15) is 5.83 Å². The molecule has 0 radical (unpaired) electrons. The molecule has 130 valence electrons. The number of hydrogen-bond acceptors (Lipinski definition) is 0. The normalized spacial score (nSPS) is 29.0. The first-order valence-electron chi connectivity index (χ1n) is 8.48. The fourth-order valence-electron chi connectivity index (χ4n) is 4.11. The van der Waals surface area contributed by atoms with E-state index in [0.717, 1.165) is 37.3 Å². The minimum Gasteiger partial charge on any atom is -0.211 e. The van der Waals surface area contributed by atoms with Gasteiger partial charge in [0.05, 0.1) is 0 Å². The predicted octanol–water partition coefficient (Wildman–Crippen LogP) is 6.90. The van der Waals surface area contributed by atoms with Crippen molar-refractivity contribution in [1.29, 1.82) is 0 Å². The quantitative estimate of drug-likeness (QED) is 0.408. The van der Waals surface area contributed by atoms with Gasteiger partial charge < -0.3 is 0 Å². The van der Waals surface area contributed by atoms with Crippen LogP contribution in [0.1, 0.15) is 60.3 Å². The number of rotatable bonds is 2. The van der Waals surface area contributed by atoms with Crippen LogP contribution in [0.5, 0.6) is 0 Å². The fraction of sp³-hybridized carbons (Fsp3) is 0.579. The lowest BCUT2D eigenvalue weighted by atomic mass is 9.71. The summed E-state index contributed by atoms with van der Waals surface area (Å²) < 4.78 is 54.3. The first kappa shape index (κ1) is 16.5. The average molecular weight is 330 g/mol. The Hall–Kier alpha value is -1.32. The highest BCUT2D eigenvalue weighted by Crippen LogP contribution is 2.44. The van der Waals surface area contributed by atoms with Crippen molar-refractivity contribution in [3.8, 4) is 0 Å². The third kappa shape index (κ3) is 3.46. The summed E-state index contributed by atoms with van der Waals surface area (Å²) in [5.41, 5.74) is 0.470. The van der Waals surface area contributed by atoms with Gasteiger partial charge >= 0.3 is 0 Å². The van der Waals surface area contributed by atoms with Crippen LogP contribution >= 0.6 is 0 Å². The van der Waals surface area contributed by atoms with Crippen molar-refractivity contribution in [3.63, 3.8) is 0 Å². The van der Waals surface area contributed by atoms with E-state index in [-0.39, 0.29) is 14.2 Å². The topological polar surface area (TPSA) is 0 Å². The summed E-state index contributed by atoms with van der Waals surface area (Å²) in [7, 11) is 0. The molecule has 0 aliphatic heterocycles. The van der Waals surface area contributed by atoms with Crippen LogP contribution in [0.3, 0.4) is 0 Å². The van der Waals surface area contributed by atoms with E-state index in [0.29, 0.717) is 30.3 Å². The van der Waals surface area contributed by atoms with Gasteiger partial charge in [0.25, 0.3) is 0 Å². The van der Waals surface area contributed by atoms with E-state index in [1.165, 1.54) is 12.8 Å². The molecular weight excluding hydrogens is 304 g/mol. The molecule has 2 aliphatic carbocycles. The molecule has 0 heterocycles. The monoisotopic (exact) mass is 330 g/mol. The standard InChI is InChI=1S/C19H22F4.2H2/c1-11-2-4-12(5-3-11)13-6-7-15(16(20)8-13)14-9-17(21)19(23)18(22)10-14;;/h9-13H,2-8H2,1H3;2*1H. The Morgan fingerprint density at radius 2 is 1.48 bits per heavy atom. The van der Waals surface area contributed by atoms with Crippen molar-refractivity contribution in [2.75, 3.05) is 0 Å². The molecule has 1 fully saturated rings. The van der Waals surface area contributed by atoms with Gasteiger partial charge in [-0.2, -0.15) is 0 Å². The second-order valence-electron chi connectivity index (χ2n) is 7.16. The van der Waals surface area contributed by atoms with Crippen molar-refractivity contribution in [1.82, 2.24) is 0 Å². The highest BCUT2D eigenvalue weighted by atomic mass is 19.2. The van der Waals surface area contributed by atoms with Crippen molar-refractivity contribution in [2.45, 2.75) is 51.9 Å². The predicted molar refractivity (Wildman–Crippen MR) is 87.0 cm³/mol. The Morgan fingerprint density at radius 1 is 0.870 bits per heavy atom. The molecule has 0 amide bonds. The zero-order valence-electron chi connectivity index (χ0n) is 13.3. The van der Waals surface area contributed by atoms with Crippen LogP contribution in [0.2, 0.25) is 0 Å². The van der Waals surface area contributed by atoms with E-state index >= 15 is 0 Å². The van der Waals surface area contributed by atoms with Crippen molar-refractivity contribution in [3.05, 3.63) is 41.0 Å². The van der Waals surface area contributed by atoms with Gasteiger partial charge in [0, 0.05) is 9.27 Å². The van der Waals surface area contributed by atoms with Gasteiger partial charge in [-0.25, -0.2) is 17.6 Å². The van der Waals surface area contributed by atoms with Gasteiger partial charge in [0.2, 0.25) is 0 Å². The molecular formula is C19H26F4. The first-order chi connectivity index (χ1) is 11.0. The van der Waals surface area contributed by atoms with Crippen LogP contribution in [0.25, 0.3) is 5.57 Å². The zero-order chi connectivity index (χ0) is 16.6. The summed E-state index contributed by atoms with van der Waals surface area (Å²) >= 11 is 0. The van der Waals surface area contributed by atoms with Crippen LogP contribution in [0.15, 0.2) is 18.0 Å². The second kappa shape index (κ2) is 6.66. The molecule has 1 unspecified atom stereocenters. The Kier molecular flexibility index (Phi) is 4.79. The molecule has 1 atom stereocenters. The minimum atomic E-state index is -1.50. The van der Waals surface area contributed by atoms with Crippen LogP contribution in [-0.2, 0) is 0 Å². The highest BCUT2D eigenvalue weighted by molar-refractivity contribution is 5.68. The van der Waals surface area contributed by atoms with Gasteiger partial charge in [-0.3, -0.25) is 0 Å². The van der Waals surface area contributed by atoms with Crippen LogP contribution in [0.4, 0.5) is 17.6 Å². The summed E-state index contributed by atoms with van der Waals surface area (Å²) in [5.74, 6) is -2.67. The largest absolute Gasteiger partial charge is 0.211 e. The van der Waals surface area contributed by atoms with E-state index in [1.807, 2.05) is 0 Å². The lowest BCUT2D eigenvalue weighted by Crippen LogP contribution is -2.23. The molecule has 0 nitrogen and oxygen atoms in total. The Balaban J connectivity index is 0.00000156. The number of hydrogen-bond donors (Lipinski definition) is 0. The van der Waals surface area contributed by atoms with Crippen molar-refractivity contribution < 1.29 is 20.4 Å². The minimum absolute atomic E-state index is 0. The summed E-state index contributed by atoms with van der Waals surface area (Å²) in [5, 5.41) is 0. The van der Waals surface area contributed by atoms with E-state index in [4.69, 9.17) is 0 Å². The third-order valence-electron chi connectivity index (χ3n) is 5.59. The van der Waals surface area contributed by atoms with Gasteiger partial charge in [-0.15, -0.1) is 0 Å². The molecule has 0 bridgehead atoms. The van der Waals surface area contributed by atoms with E-state index in [9.17, 15) is 17.6 Å². The van der Waals surface area contributed by atoms with Crippen LogP contribution in [-0.4, -0.2) is 0 Å². The lowest BCUT2D eigenvalue weighted by molar-refractivity contribution is 0.192. The van der Waals surface area contributed by atoms with Gasteiger partial charge in [-0.05, 0) is 66.7 Å². The average Bonchev–Trinajstić information content (AvgIpc) is 2.53. The molecule has 4 heteroatoms. The summed E-state index contributed by atoms with van der Waals surface area (Å²) in [4.78, 5) is 0. The Morgan fingerprint density at radius 3 is 2.04 bits per heavy atom. The molecule has 1 saturated carbocycles. The number of allylic oxidation sites excluding steroid dienone is 2. The molecule has 3 rings (SSSR count). The molecule has 0 saturated heterocycles. The number of benzene rings is 1. The highest BCUT2D eigenvalue weighted by Gasteiger charge is 2.31. The van der Waals surface area contributed by atoms with Gasteiger partial charge in [-0.1, -0.05) is 19.8 Å². The molecule has 0 spiro atoms. The maximum atomic E-state index is 14.5. The van der Waals surface area contributed by atoms with Crippen molar-refractivity contribution in [2.24, 2.45) is 17.8 Å². The van der Waals surface area contributed by atoms with Crippen molar-refractivity contribution >= 4 is 5.57 Å². The van der Waals surface area contributed by atoms with E-state index in [2.05, 4.69) is 6.92 Å². The smallest absolute Gasteiger partial charge is 0.194 e. The molecule has 1 aromatic rings. The maximum absolute atomic E-state index is 14.5. The number of halogens is 4. The first-order valence-corrected chi connectivity index (χ1v) is 8.48. The molecule has 0 N–H and O–H groups in total. The Bertz CT molecular complexity index is 599. The van der Waals surface area contributed by atoms with E-state index < -0.39 is 17.5 Å². The maximum Gasteiger partial charge on any atom is 0.194 e. The summed E-state index contributed by atoms with van der Waals surface area (Å²) in [6.07, 6.45) is 6.34. The zero-order valence-corrected chi connectivity index (χ0v) is 13.3. The van der Waals surface area contributed by atoms with Crippen LogP contribution < -0.4 is 0 Å². The van der Waals surface area contributed by atoms with Gasteiger partial charge in [0.15, 0.2) is 17.5 Å². The van der Waals surface area contributed by atoms with E-state index in [1.54, 1.807) is 0 Å². The molecule has 0 aromatic heterocycles. The molecule has 2 aliphatic rings. The summed E-state index contributed by atoms with van der Waals surface area (Å²) in [6, 6.07) is 1.80. The van der Waals surface area contributed by atoms with Crippen LogP contribution in [0, 0.1) is 35.2 Å². The fourth-order valence-corrected chi connectivity index (χ4v) is 4.11. The lowest BCUT2D eigenvalue weighted by Gasteiger charge is -2.35. The Labute approximate surface area is 137 Å². The SMILES string of the molecule is CC1CCC(C2CCC(c3cc(F)c(F)c(F)c3)=C(F)C2)CC1.[HH].[HH]. The molecule has 23 heavy (non-hydrogen) atoms. The third-order valence-corrected chi connectivity index (χ3v) is 5.59. The molecule has 1 aromatic carbocycles. The summed E-state index contributed by atoms with van der Waals surface area (Å²) in [6.45, 7) is 2.26. The second-order valence-corrected chi connectivity index (χ2v) is 7.16.